The maximum atomic E-state index is 12.5. The van der Waals surface area contributed by atoms with E-state index in [9.17, 15) is 4.79 Å². The summed E-state index contributed by atoms with van der Waals surface area (Å²) in [5, 5.41) is 4.26. The summed E-state index contributed by atoms with van der Waals surface area (Å²) in [5.74, 6) is -0.239. The third kappa shape index (κ3) is 3.93. The van der Waals surface area contributed by atoms with Crippen LogP contribution in [-0.2, 0) is 0 Å². The zero-order valence-corrected chi connectivity index (χ0v) is 17.2. The van der Waals surface area contributed by atoms with Crippen molar-refractivity contribution in [2.45, 2.75) is 20.8 Å². The summed E-state index contributed by atoms with van der Waals surface area (Å²) < 4.78 is 4.08. The van der Waals surface area contributed by atoms with Crippen molar-refractivity contribution in [1.82, 2.24) is 19.5 Å². The lowest BCUT2D eigenvalue weighted by molar-refractivity contribution is 0.0955. The Kier molecular flexibility index (Phi) is 5.30. The van der Waals surface area contributed by atoms with Crippen molar-refractivity contribution in [1.29, 1.82) is 0 Å². The minimum atomic E-state index is -0.239. The fraction of sp³-hybridized carbons (Fsp3) is 0.125. The fourth-order valence-electron chi connectivity index (χ4n) is 3.39. The summed E-state index contributed by atoms with van der Waals surface area (Å²) in [6.07, 6.45) is 5.38. The van der Waals surface area contributed by atoms with Crippen LogP contribution in [0.3, 0.4) is 0 Å². The Morgan fingerprint density at radius 2 is 1.47 bits per heavy atom. The Morgan fingerprint density at radius 1 is 0.867 bits per heavy atom. The van der Waals surface area contributed by atoms with Crippen LogP contribution in [0.1, 0.15) is 34.2 Å². The highest BCUT2D eigenvalue weighted by atomic mass is 16.2. The van der Waals surface area contributed by atoms with Crippen LogP contribution in [0.2, 0.25) is 0 Å². The monoisotopic (exact) mass is 397 g/mol. The van der Waals surface area contributed by atoms with Gasteiger partial charge in [0.2, 0.25) is 0 Å². The number of nitrogens with one attached hydrogen (secondary N) is 1. The molecule has 2 heterocycles. The van der Waals surface area contributed by atoms with Crippen molar-refractivity contribution in [2.75, 3.05) is 0 Å². The van der Waals surface area contributed by atoms with Crippen molar-refractivity contribution in [3.8, 4) is 11.4 Å². The van der Waals surface area contributed by atoms with Crippen molar-refractivity contribution in [3.05, 3.63) is 102 Å². The van der Waals surface area contributed by atoms with Crippen LogP contribution in [-0.4, -0.2) is 25.7 Å². The maximum absolute atomic E-state index is 12.5. The van der Waals surface area contributed by atoms with Crippen molar-refractivity contribution >= 4 is 11.6 Å². The van der Waals surface area contributed by atoms with Crippen LogP contribution in [0, 0.1) is 13.8 Å². The van der Waals surface area contributed by atoms with Gasteiger partial charge in [0.25, 0.3) is 5.91 Å². The molecule has 0 saturated carbocycles. The molecular weight excluding hydrogens is 374 g/mol. The number of hydrogen-bond donors (Lipinski definition) is 1. The zero-order valence-electron chi connectivity index (χ0n) is 17.2. The van der Waals surface area contributed by atoms with Crippen LogP contribution >= 0.6 is 0 Å². The van der Waals surface area contributed by atoms with E-state index in [0.29, 0.717) is 5.56 Å². The second kappa shape index (κ2) is 8.21. The van der Waals surface area contributed by atoms with Crippen molar-refractivity contribution < 1.29 is 4.79 Å². The summed E-state index contributed by atoms with van der Waals surface area (Å²) in [7, 11) is 0. The molecule has 4 rings (SSSR count). The van der Waals surface area contributed by atoms with E-state index in [0.717, 1.165) is 34.0 Å². The number of rotatable bonds is 5. The van der Waals surface area contributed by atoms with Gasteiger partial charge in [-0.25, -0.2) is 10.4 Å². The zero-order chi connectivity index (χ0) is 21.1. The van der Waals surface area contributed by atoms with Gasteiger partial charge in [-0.3, -0.25) is 4.79 Å². The summed E-state index contributed by atoms with van der Waals surface area (Å²) in [5.41, 5.74) is 9.24. The van der Waals surface area contributed by atoms with Gasteiger partial charge >= 0.3 is 0 Å². The van der Waals surface area contributed by atoms with Crippen molar-refractivity contribution in [3.63, 3.8) is 0 Å². The number of imidazole rings is 1. The Bertz CT molecular complexity index is 1160. The molecule has 6 heteroatoms. The van der Waals surface area contributed by atoms with Crippen LogP contribution in [0.25, 0.3) is 11.4 Å². The maximum Gasteiger partial charge on any atom is 0.271 e. The molecule has 6 nitrogen and oxygen atoms in total. The molecule has 0 aliphatic carbocycles. The lowest BCUT2D eigenvalue weighted by Gasteiger charge is -2.10. The molecule has 1 amide bonds. The number of benzene rings is 2. The molecule has 2 aromatic carbocycles. The van der Waals surface area contributed by atoms with E-state index >= 15 is 0 Å². The molecule has 2 aromatic heterocycles. The average molecular weight is 397 g/mol. The molecule has 30 heavy (non-hydrogen) atoms. The number of carbonyl (C=O) groups is 1. The Morgan fingerprint density at radius 3 is 2.07 bits per heavy atom. The van der Waals surface area contributed by atoms with Gasteiger partial charge in [0, 0.05) is 40.7 Å². The number of aryl methyl sites for hydroxylation is 2. The number of nitrogens with zero attached hydrogens (tertiary/aromatic N) is 4. The van der Waals surface area contributed by atoms with E-state index in [1.165, 1.54) is 0 Å². The topological polar surface area (TPSA) is 64.2 Å². The summed E-state index contributed by atoms with van der Waals surface area (Å²) in [6, 6.07) is 19.6. The van der Waals surface area contributed by atoms with E-state index < -0.39 is 0 Å². The summed E-state index contributed by atoms with van der Waals surface area (Å²) in [6.45, 7) is 5.99. The highest BCUT2D eigenvalue weighted by molar-refractivity contribution is 6.01. The second-order valence-electron chi connectivity index (χ2n) is 7.15. The molecule has 0 radical (unpaired) electrons. The van der Waals surface area contributed by atoms with E-state index in [2.05, 4.69) is 46.1 Å². The lowest BCUT2D eigenvalue weighted by atomic mass is 10.1. The fourth-order valence-corrected chi connectivity index (χ4v) is 3.39. The molecule has 0 saturated heterocycles. The molecule has 0 aliphatic rings. The van der Waals surface area contributed by atoms with Crippen molar-refractivity contribution in [2.24, 2.45) is 5.10 Å². The van der Waals surface area contributed by atoms with Gasteiger partial charge in [-0.05, 0) is 74.9 Å². The standard InChI is InChI=1S/C24H23N5O/c1-17-4-5-18(2)29(17)23-12-8-21(9-13-23)24(30)27-26-19(3)20-6-10-22(11-7-20)28-15-14-25-16-28/h4-16H,1-3H3,(H,27,30)/b26-19-. The first kappa shape index (κ1) is 19.4. The molecule has 1 N–H and O–H groups in total. The molecule has 4 aromatic rings. The quantitative estimate of drug-likeness (QED) is 0.400. The highest BCUT2D eigenvalue weighted by Crippen LogP contribution is 2.17. The van der Waals surface area contributed by atoms with E-state index in [4.69, 9.17) is 0 Å². The van der Waals surface area contributed by atoms with Gasteiger partial charge in [-0.2, -0.15) is 5.10 Å². The molecule has 0 unspecified atom stereocenters. The SMILES string of the molecule is C/C(=N/NC(=O)c1ccc(-n2c(C)ccc2C)cc1)c1ccc(-n2ccnc2)cc1. The normalized spacial score (nSPS) is 11.5. The second-order valence-corrected chi connectivity index (χ2v) is 7.15. The van der Waals surface area contributed by atoms with E-state index in [1.54, 1.807) is 12.5 Å². The average Bonchev–Trinajstić information content (AvgIpc) is 3.42. The molecule has 0 spiro atoms. The number of carbonyl (C=O) groups excluding carboxylic acids is 1. The minimum absolute atomic E-state index is 0.239. The Hall–Kier alpha value is -3.93. The molecule has 0 aliphatic heterocycles. The third-order valence-electron chi connectivity index (χ3n) is 5.07. The van der Waals surface area contributed by atoms with Gasteiger partial charge in [-0.1, -0.05) is 12.1 Å². The largest absolute Gasteiger partial charge is 0.319 e. The molecular formula is C24H23N5O. The van der Waals surface area contributed by atoms with Crippen LogP contribution in [0.5, 0.6) is 0 Å². The third-order valence-corrected chi connectivity index (χ3v) is 5.07. The van der Waals surface area contributed by atoms with Gasteiger partial charge < -0.3 is 9.13 Å². The molecule has 0 bridgehead atoms. The summed E-state index contributed by atoms with van der Waals surface area (Å²) in [4.78, 5) is 16.5. The minimum Gasteiger partial charge on any atom is -0.319 e. The Labute approximate surface area is 175 Å². The van der Waals surface area contributed by atoms with Gasteiger partial charge in [0.05, 0.1) is 12.0 Å². The number of amides is 1. The first-order valence-corrected chi connectivity index (χ1v) is 9.72. The first-order chi connectivity index (χ1) is 14.5. The van der Waals surface area contributed by atoms with Gasteiger partial charge in [0.1, 0.15) is 0 Å². The first-order valence-electron chi connectivity index (χ1n) is 9.72. The Balaban J connectivity index is 1.44. The summed E-state index contributed by atoms with van der Waals surface area (Å²) >= 11 is 0. The number of aromatic nitrogens is 3. The molecule has 0 atom stereocenters. The predicted molar refractivity (Wildman–Crippen MR) is 118 cm³/mol. The number of hydrazone groups is 1. The van der Waals surface area contributed by atoms with Gasteiger partial charge in [-0.15, -0.1) is 0 Å². The highest BCUT2D eigenvalue weighted by Gasteiger charge is 2.08. The number of hydrogen-bond acceptors (Lipinski definition) is 3. The molecule has 0 fully saturated rings. The molecule has 150 valence electrons. The van der Waals surface area contributed by atoms with E-state index in [1.807, 2.05) is 66.2 Å². The lowest BCUT2D eigenvalue weighted by Crippen LogP contribution is -2.19. The van der Waals surface area contributed by atoms with Crippen LogP contribution in [0.4, 0.5) is 0 Å². The van der Waals surface area contributed by atoms with Crippen LogP contribution < -0.4 is 5.43 Å². The van der Waals surface area contributed by atoms with E-state index in [-0.39, 0.29) is 5.91 Å². The van der Waals surface area contributed by atoms with Gasteiger partial charge in [0.15, 0.2) is 0 Å². The smallest absolute Gasteiger partial charge is 0.271 e. The predicted octanol–water partition coefficient (Wildman–Crippen LogP) is 4.43. The van der Waals surface area contributed by atoms with Crippen LogP contribution in [0.15, 0.2) is 84.5 Å².